The molecule has 0 unspecified atom stereocenters. The Bertz CT molecular complexity index is 290. The van der Waals surface area contributed by atoms with Gasteiger partial charge < -0.3 is 20.3 Å². The van der Waals surface area contributed by atoms with Gasteiger partial charge in [-0.1, -0.05) is 0 Å². The van der Waals surface area contributed by atoms with Crippen LogP contribution >= 0.6 is 0 Å². The zero-order chi connectivity index (χ0) is 11.1. The Hall–Kier alpha value is -1.33. The molecule has 0 atom stereocenters. The normalized spacial score (nSPS) is 10.4. The maximum Gasteiger partial charge on any atom is 0.169 e. The summed E-state index contributed by atoms with van der Waals surface area (Å²) in [6.45, 7) is 2.12. The summed E-state index contributed by atoms with van der Waals surface area (Å²) in [6.07, 6.45) is 1.62. The summed E-state index contributed by atoms with van der Waals surface area (Å²) in [7, 11) is 0. The Morgan fingerprint density at radius 3 is 2.80 bits per heavy atom. The molecule has 0 bridgehead atoms. The maximum atomic E-state index is 8.92. The first-order chi connectivity index (χ1) is 7.31. The molecule has 15 heavy (non-hydrogen) atoms. The number of aromatic nitrogens is 1. The van der Waals surface area contributed by atoms with E-state index < -0.39 is 6.04 Å². The number of rotatable bonds is 6. The van der Waals surface area contributed by atoms with Gasteiger partial charge in [0.15, 0.2) is 11.6 Å². The van der Waals surface area contributed by atoms with E-state index in [0.717, 1.165) is 0 Å². The predicted molar refractivity (Wildman–Crippen MR) is 57.0 cm³/mol. The van der Waals surface area contributed by atoms with Crippen LogP contribution in [0.25, 0.3) is 0 Å². The van der Waals surface area contributed by atoms with Crippen molar-refractivity contribution in [3.63, 3.8) is 0 Å². The quantitative estimate of drug-likeness (QED) is 0.630. The van der Waals surface area contributed by atoms with Crippen molar-refractivity contribution in [3.8, 4) is 5.75 Å². The first kappa shape index (κ1) is 11.7. The first-order valence-electron chi connectivity index (χ1n) is 4.87. The zero-order valence-corrected chi connectivity index (χ0v) is 8.68. The van der Waals surface area contributed by atoms with Crippen LogP contribution in [0.2, 0.25) is 0 Å². The molecule has 1 aromatic heterocycles. The van der Waals surface area contributed by atoms with Crippen molar-refractivity contribution in [2.24, 2.45) is 0 Å². The monoisotopic (exact) mass is 212 g/mol. The summed E-state index contributed by atoms with van der Waals surface area (Å²) in [4.78, 5) is 4.07. The third-order valence-corrected chi connectivity index (χ3v) is 1.85. The number of aliphatic hydroxyl groups excluding tert-OH is 2. The van der Waals surface area contributed by atoms with E-state index in [9.17, 15) is 0 Å². The van der Waals surface area contributed by atoms with Gasteiger partial charge in [0, 0.05) is 6.20 Å². The van der Waals surface area contributed by atoms with Crippen molar-refractivity contribution in [1.29, 1.82) is 0 Å². The number of pyridine rings is 1. The molecule has 0 radical (unpaired) electrons. The molecule has 0 aliphatic heterocycles. The predicted octanol–water partition coefficient (Wildman–Crippen LogP) is 0.245. The number of nitrogens with one attached hydrogen (secondary N) is 1. The molecule has 1 aromatic rings. The molecule has 5 heteroatoms. The summed E-state index contributed by atoms with van der Waals surface area (Å²) in [5, 5.41) is 20.7. The highest BCUT2D eigenvalue weighted by Crippen LogP contribution is 2.21. The van der Waals surface area contributed by atoms with Crippen LogP contribution in [0.15, 0.2) is 18.3 Å². The van der Waals surface area contributed by atoms with Crippen molar-refractivity contribution < 1.29 is 14.9 Å². The fourth-order valence-electron chi connectivity index (χ4n) is 1.11. The van der Waals surface area contributed by atoms with Crippen molar-refractivity contribution >= 4 is 5.82 Å². The van der Waals surface area contributed by atoms with Gasteiger partial charge in [-0.15, -0.1) is 0 Å². The third-order valence-electron chi connectivity index (χ3n) is 1.85. The van der Waals surface area contributed by atoms with Gasteiger partial charge in [0.1, 0.15) is 0 Å². The summed E-state index contributed by atoms with van der Waals surface area (Å²) in [5.74, 6) is 1.15. The number of nitrogens with zero attached hydrogens (tertiary/aromatic N) is 1. The highest BCUT2D eigenvalue weighted by Gasteiger charge is 2.09. The van der Waals surface area contributed by atoms with Gasteiger partial charge in [0.05, 0.1) is 25.9 Å². The van der Waals surface area contributed by atoms with E-state index in [0.29, 0.717) is 18.2 Å². The van der Waals surface area contributed by atoms with Crippen LogP contribution in [0.5, 0.6) is 5.75 Å². The average molecular weight is 212 g/mol. The number of aliphatic hydroxyl groups is 2. The van der Waals surface area contributed by atoms with Crippen LogP contribution in [0.3, 0.4) is 0 Å². The van der Waals surface area contributed by atoms with Crippen molar-refractivity contribution in [2.75, 3.05) is 25.1 Å². The molecule has 0 saturated heterocycles. The van der Waals surface area contributed by atoms with Gasteiger partial charge in [-0.05, 0) is 19.1 Å². The van der Waals surface area contributed by atoms with E-state index in [1.54, 1.807) is 18.3 Å². The highest BCUT2D eigenvalue weighted by molar-refractivity contribution is 5.50. The number of hydrogen-bond acceptors (Lipinski definition) is 5. The Balaban J connectivity index is 2.73. The lowest BCUT2D eigenvalue weighted by atomic mass is 10.3. The third kappa shape index (κ3) is 3.38. The molecular weight excluding hydrogens is 196 g/mol. The molecule has 0 aromatic carbocycles. The van der Waals surface area contributed by atoms with Gasteiger partial charge in [-0.3, -0.25) is 0 Å². The maximum absolute atomic E-state index is 8.92. The van der Waals surface area contributed by atoms with Crippen molar-refractivity contribution in [3.05, 3.63) is 18.3 Å². The Morgan fingerprint density at radius 2 is 2.20 bits per heavy atom. The minimum Gasteiger partial charge on any atom is -0.490 e. The minimum atomic E-state index is -0.417. The lowest BCUT2D eigenvalue weighted by molar-refractivity contribution is 0.203. The van der Waals surface area contributed by atoms with Crippen LogP contribution in [-0.2, 0) is 0 Å². The molecule has 0 aliphatic rings. The summed E-state index contributed by atoms with van der Waals surface area (Å²) < 4.78 is 5.34. The lowest BCUT2D eigenvalue weighted by Crippen LogP contribution is -2.28. The molecular formula is C10H16N2O3. The van der Waals surface area contributed by atoms with Crippen LogP contribution in [-0.4, -0.2) is 41.1 Å². The molecule has 0 spiro atoms. The standard InChI is InChI=1S/C10H16N2O3/c1-2-15-9-4-3-5-11-10(9)12-8(6-13)7-14/h3-5,8,13-14H,2,6-7H2,1H3,(H,11,12). The van der Waals surface area contributed by atoms with E-state index in [2.05, 4.69) is 10.3 Å². The Kier molecular flexibility index (Phi) is 4.86. The second kappa shape index (κ2) is 6.21. The lowest BCUT2D eigenvalue weighted by Gasteiger charge is -2.16. The van der Waals surface area contributed by atoms with E-state index >= 15 is 0 Å². The van der Waals surface area contributed by atoms with Crippen molar-refractivity contribution in [1.82, 2.24) is 4.98 Å². The van der Waals surface area contributed by atoms with Crippen LogP contribution < -0.4 is 10.1 Å². The fourth-order valence-corrected chi connectivity index (χ4v) is 1.11. The summed E-state index contributed by atoms with van der Waals surface area (Å²) in [5.41, 5.74) is 0. The molecule has 84 valence electrons. The minimum absolute atomic E-state index is 0.154. The van der Waals surface area contributed by atoms with Gasteiger partial charge in [0.2, 0.25) is 0 Å². The van der Waals surface area contributed by atoms with Gasteiger partial charge in [-0.2, -0.15) is 0 Å². The van der Waals surface area contributed by atoms with Crippen LogP contribution in [0.1, 0.15) is 6.92 Å². The zero-order valence-electron chi connectivity index (χ0n) is 8.68. The van der Waals surface area contributed by atoms with E-state index in [4.69, 9.17) is 14.9 Å². The second-order valence-electron chi connectivity index (χ2n) is 2.99. The number of hydrogen-bond donors (Lipinski definition) is 3. The Morgan fingerprint density at radius 1 is 1.47 bits per heavy atom. The Labute approximate surface area is 88.7 Å². The van der Waals surface area contributed by atoms with Crippen LogP contribution in [0, 0.1) is 0 Å². The van der Waals surface area contributed by atoms with E-state index in [1.165, 1.54) is 0 Å². The van der Waals surface area contributed by atoms with Gasteiger partial charge in [0.25, 0.3) is 0 Å². The van der Waals surface area contributed by atoms with E-state index in [-0.39, 0.29) is 13.2 Å². The SMILES string of the molecule is CCOc1cccnc1NC(CO)CO. The summed E-state index contributed by atoms with van der Waals surface area (Å²) >= 11 is 0. The highest BCUT2D eigenvalue weighted by atomic mass is 16.5. The largest absolute Gasteiger partial charge is 0.490 e. The van der Waals surface area contributed by atoms with Crippen LogP contribution in [0.4, 0.5) is 5.82 Å². The molecule has 0 aliphatic carbocycles. The summed E-state index contributed by atoms with van der Waals surface area (Å²) in [6, 6.07) is 3.13. The van der Waals surface area contributed by atoms with Gasteiger partial charge >= 0.3 is 0 Å². The molecule has 0 fully saturated rings. The fraction of sp³-hybridized carbons (Fsp3) is 0.500. The smallest absolute Gasteiger partial charge is 0.169 e. The van der Waals surface area contributed by atoms with Gasteiger partial charge in [-0.25, -0.2) is 4.98 Å². The molecule has 1 rings (SSSR count). The second-order valence-corrected chi connectivity index (χ2v) is 2.99. The number of ether oxygens (including phenoxy) is 1. The molecule has 3 N–H and O–H groups in total. The molecule has 5 nitrogen and oxygen atoms in total. The number of anilines is 1. The van der Waals surface area contributed by atoms with Crippen molar-refractivity contribution in [2.45, 2.75) is 13.0 Å². The average Bonchev–Trinajstić information content (AvgIpc) is 2.28. The van der Waals surface area contributed by atoms with E-state index in [1.807, 2.05) is 6.92 Å². The molecule has 0 amide bonds. The molecule has 1 heterocycles. The first-order valence-corrected chi connectivity index (χ1v) is 4.87. The molecule has 0 saturated carbocycles. The topological polar surface area (TPSA) is 74.6 Å².